The molecule has 3 unspecified atom stereocenters. The molecule has 1 rings (SSSR count). The van der Waals surface area contributed by atoms with E-state index in [0.29, 0.717) is 5.41 Å². The molecule has 1 aliphatic rings. The summed E-state index contributed by atoms with van der Waals surface area (Å²) in [7, 11) is 0. The second kappa shape index (κ2) is 9.99. The molecule has 22 heavy (non-hydrogen) atoms. The van der Waals surface area contributed by atoms with Gasteiger partial charge in [-0.2, -0.15) is 0 Å². The van der Waals surface area contributed by atoms with Crippen LogP contribution in [-0.4, -0.2) is 0 Å². The van der Waals surface area contributed by atoms with Gasteiger partial charge in [0.1, 0.15) is 0 Å². The maximum absolute atomic E-state index is 2.54. The van der Waals surface area contributed by atoms with Crippen molar-refractivity contribution in [3.8, 4) is 0 Å². The molecule has 0 amide bonds. The minimum Gasteiger partial charge on any atom is -0.0625 e. The van der Waals surface area contributed by atoms with Gasteiger partial charge >= 0.3 is 0 Å². The molecule has 0 spiro atoms. The SMILES string of the molecule is CC(C)C(C)C(C)C1CCCCCCCC(C)(C)CCCC1. The first-order chi connectivity index (χ1) is 10.3. The van der Waals surface area contributed by atoms with Crippen LogP contribution >= 0.6 is 0 Å². The van der Waals surface area contributed by atoms with Crippen LogP contribution in [0.1, 0.15) is 112 Å². The van der Waals surface area contributed by atoms with Crippen molar-refractivity contribution in [3.05, 3.63) is 0 Å². The molecular formula is C22H44. The van der Waals surface area contributed by atoms with Crippen LogP contribution in [0.15, 0.2) is 0 Å². The second-order valence-electron chi connectivity index (χ2n) is 9.44. The van der Waals surface area contributed by atoms with E-state index in [9.17, 15) is 0 Å². The molecule has 1 fully saturated rings. The Hall–Kier alpha value is 0. The van der Waals surface area contributed by atoms with Crippen molar-refractivity contribution in [2.45, 2.75) is 112 Å². The van der Waals surface area contributed by atoms with E-state index in [4.69, 9.17) is 0 Å². The smallest absolute Gasteiger partial charge is 0.0354 e. The van der Waals surface area contributed by atoms with Crippen molar-refractivity contribution in [1.82, 2.24) is 0 Å². The zero-order valence-corrected chi connectivity index (χ0v) is 16.6. The molecule has 0 aromatic heterocycles. The van der Waals surface area contributed by atoms with Gasteiger partial charge in [0.2, 0.25) is 0 Å². The molecule has 0 heterocycles. The third-order valence-electron chi connectivity index (χ3n) is 6.73. The standard InChI is InChI=1S/C22H44/c1-18(2)19(3)20(4)21-14-10-8-7-9-12-16-22(5,6)17-13-11-15-21/h18-21H,7-17H2,1-6H3. The Morgan fingerprint density at radius 3 is 1.73 bits per heavy atom. The minimum absolute atomic E-state index is 0.584. The average molecular weight is 309 g/mol. The molecule has 0 saturated heterocycles. The normalized spacial score (nSPS) is 28.2. The highest BCUT2D eigenvalue weighted by molar-refractivity contribution is 4.75. The van der Waals surface area contributed by atoms with Crippen LogP contribution in [0.5, 0.6) is 0 Å². The summed E-state index contributed by atoms with van der Waals surface area (Å²) < 4.78 is 0. The number of rotatable bonds is 3. The predicted octanol–water partition coefficient (Wildman–Crippen LogP) is 7.86. The minimum atomic E-state index is 0.584. The lowest BCUT2D eigenvalue weighted by molar-refractivity contribution is 0.184. The van der Waals surface area contributed by atoms with Gasteiger partial charge in [-0.15, -0.1) is 0 Å². The fourth-order valence-corrected chi connectivity index (χ4v) is 4.38. The van der Waals surface area contributed by atoms with Crippen LogP contribution in [0, 0.1) is 29.1 Å². The van der Waals surface area contributed by atoms with Gasteiger partial charge in [-0.1, -0.05) is 99.3 Å². The summed E-state index contributed by atoms with van der Waals surface area (Å²) in [6.07, 6.45) is 16.1. The Bertz CT molecular complexity index is 276. The van der Waals surface area contributed by atoms with E-state index in [0.717, 1.165) is 23.7 Å². The zero-order valence-electron chi connectivity index (χ0n) is 16.6. The Morgan fingerprint density at radius 1 is 0.682 bits per heavy atom. The molecule has 3 atom stereocenters. The molecule has 1 aliphatic carbocycles. The van der Waals surface area contributed by atoms with Crippen molar-refractivity contribution in [3.63, 3.8) is 0 Å². The van der Waals surface area contributed by atoms with Crippen molar-refractivity contribution < 1.29 is 0 Å². The fraction of sp³-hybridized carbons (Fsp3) is 1.00. The van der Waals surface area contributed by atoms with Crippen LogP contribution in [0.3, 0.4) is 0 Å². The molecule has 132 valence electrons. The lowest BCUT2D eigenvalue weighted by Crippen LogP contribution is -2.23. The summed E-state index contributed by atoms with van der Waals surface area (Å²) in [4.78, 5) is 0. The Kier molecular flexibility index (Phi) is 9.10. The Balaban J connectivity index is 2.57. The topological polar surface area (TPSA) is 0 Å². The quantitative estimate of drug-likeness (QED) is 0.497. The van der Waals surface area contributed by atoms with Crippen molar-refractivity contribution >= 4 is 0 Å². The van der Waals surface area contributed by atoms with Gasteiger partial charge in [-0.25, -0.2) is 0 Å². The lowest BCUT2D eigenvalue weighted by Gasteiger charge is -2.32. The first-order valence-corrected chi connectivity index (χ1v) is 10.3. The van der Waals surface area contributed by atoms with Crippen LogP contribution in [0.25, 0.3) is 0 Å². The predicted molar refractivity (Wildman–Crippen MR) is 101 cm³/mol. The molecule has 0 radical (unpaired) electrons. The molecule has 0 nitrogen and oxygen atoms in total. The summed E-state index contributed by atoms with van der Waals surface area (Å²) in [5.74, 6) is 3.58. The van der Waals surface area contributed by atoms with Crippen molar-refractivity contribution in [2.75, 3.05) is 0 Å². The summed E-state index contributed by atoms with van der Waals surface area (Å²) >= 11 is 0. The summed E-state index contributed by atoms with van der Waals surface area (Å²) in [5, 5.41) is 0. The maximum Gasteiger partial charge on any atom is -0.0354 e. The van der Waals surface area contributed by atoms with Gasteiger partial charge in [-0.3, -0.25) is 0 Å². The lowest BCUT2D eigenvalue weighted by atomic mass is 9.74. The summed E-state index contributed by atoms with van der Waals surface area (Å²) in [5.41, 5.74) is 0.584. The molecule has 0 aliphatic heterocycles. The molecule has 0 aromatic carbocycles. The third kappa shape index (κ3) is 7.51. The average Bonchev–Trinajstić information content (AvgIpc) is 2.47. The van der Waals surface area contributed by atoms with E-state index >= 15 is 0 Å². The van der Waals surface area contributed by atoms with E-state index < -0.39 is 0 Å². The van der Waals surface area contributed by atoms with Gasteiger partial charge < -0.3 is 0 Å². The van der Waals surface area contributed by atoms with Gasteiger partial charge in [-0.05, 0) is 41.9 Å². The highest BCUT2D eigenvalue weighted by Gasteiger charge is 2.25. The first-order valence-electron chi connectivity index (χ1n) is 10.3. The van der Waals surface area contributed by atoms with Crippen LogP contribution in [0.4, 0.5) is 0 Å². The van der Waals surface area contributed by atoms with Crippen LogP contribution in [0.2, 0.25) is 0 Å². The van der Waals surface area contributed by atoms with E-state index in [1.807, 2.05) is 0 Å². The molecule has 0 aromatic rings. The van der Waals surface area contributed by atoms with Gasteiger partial charge in [0.15, 0.2) is 0 Å². The molecular weight excluding hydrogens is 264 g/mol. The Morgan fingerprint density at radius 2 is 1.14 bits per heavy atom. The first kappa shape index (κ1) is 20.0. The van der Waals surface area contributed by atoms with E-state index in [2.05, 4.69) is 41.5 Å². The largest absolute Gasteiger partial charge is 0.0625 e. The van der Waals surface area contributed by atoms with Crippen LogP contribution in [-0.2, 0) is 0 Å². The second-order valence-corrected chi connectivity index (χ2v) is 9.44. The zero-order chi connectivity index (χ0) is 16.6. The molecule has 0 heteroatoms. The van der Waals surface area contributed by atoms with Gasteiger partial charge in [0, 0.05) is 0 Å². The van der Waals surface area contributed by atoms with E-state index in [-0.39, 0.29) is 0 Å². The maximum atomic E-state index is 2.54. The monoisotopic (exact) mass is 308 g/mol. The van der Waals surface area contributed by atoms with E-state index in [1.54, 1.807) is 0 Å². The highest BCUT2D eigenvalue weighted by Crippen LogP contribution is 2.36. The van der Waals surface area contributed by atoms with Crippen molar-refractivity contribution in [2.24, 2.45) is 29.1 Å². The van der Waals surface area contributed by atoms with E-state index in [1.165, 1.54) is 70.6 Å². The molecule has 0 bridgehead atoms. The highest BCUT2D eigenvalue weighted by atomic mass is 14.3. The molecule has 1 saturated carbocycles. The van der Waals surface area contributed by atoms with Gasteiger partial charge in [0.05, 0.1) is 0 Å². The third-order valence-corrected chi connectivity index (χ3v) is 6.73. The molecule has 0 N–H and O–H groups in total. The van der Waals surface area contributed by atoms with Crippen LogP contribution < -0.4 is 0 Å². The summed E-state index contributed by atoms with van der Waals surface area (Å²) in [6.45, 7) is 14.8. The number of hydrogen-bond donors (Lipinski definition) is 0. The van der Waals surface area contributed by atoms with Crippen molar-refractivity contribution in [1.29, 1.82) is 0 Å². The fourth-order valence-electron chi connectivity index (χ4n) is 4.38. The van der Waals surface area contributed by atoms with Gasteiger partial charge in [0.25, 0.3) is 0 Å². The number of hydrogen-bond acceptors (Lipinski definition) is 0. The Labute approximate surface area is 141 Å². The summed E-state index contributed by atoms with van der Waals surface area (Å²) in [6, 6.07) is 0.